The Morgan fingerprint density at radius 2 is 1.79 bits per heavy atom. The number of aliphatic hydroxyl groups excluding tert-OH is 4. The van der Waals surface area contributed by atoms with Gasteiger partial charge in [-0.3, -0.25) is 0 Å². The van der Waals surface area contributed by atoms with Crippen molar-refractivity contribution in [3.8, 4) is 0 Å². The van der Waals surface area contributed by atoms with Crippen LogP contribution in [0.15, 0.2) is 12.2 Å². The molecule has 1 aliphatic carbocycles. The van der Waals surface area contributed by atoms with Gasteiger partial charge in [0, 0.05) is 64.2 Å². The minimum Gasteiger partial charge on any atom is -0.394 e. The zero-order valence-electron chi connectivity index (χ0n) is 25.4. The van der Waals surface area contributed by atoms with Crippen molar-refractivity contribution in [1.82, 2.24) is 10.6 Å². The third kappa shape index (κ3) is 15.3. The zero-order valence-corrected chi connectivity index (χ0v) is 25.4. The third-order valence-electron chi connectivity index (χ3n) is 7.75. The molecular formula is C28H59N7O8. The summed E-state index contributed by atoms with van der Waals surface area (Å²) in [5.41, 5.74) is 27.6. The maximum atomic E-state index is 9.72. The number of hydrogen-bond donors (Lipinski definition) is 11. The van der Waals surface area contributed by atoms with Gasteiger partial charge in [-0.15, -0.1) is 0 Å². The first kappa shape index (κ1) is 38.3. The van der Waals surface area contributed by atoms with Gasteiger partial charge in [0.1, 0.15) is 6.10 Å². The molecule has 0 radical (unpaired) electrons. The molecule has 16 N–H and O–H groups in total. The Morgan fingerprint density at radius 1 is 1.00 bits per heavy atom. The first-order valence-electron chi connectivity index (χ1n) is 15.6. The molecule has 0 spiro atoms. The maximum Gasteiger partial charge on any atom is 0.161 e. The lowest BCUT2D eigenvalue weighted by Gasteiger charge is -2.35. The normalized spacial score (nSPS) is 36.7. The standard InChI is InChI=1S/C14H29N3O5.C8H16N2O.C6H14N2O2/c15-5-10(19)6-17-9-1-8(16)2-11(3-9)21-14-4-12(20)13(7-18)22-14;9-4-5-10-7-8-3-1-2-6-11-8;7-2-4-1-6(9)5(8)3-10-4/h8-14,17-20H,1-7,15-16H2;1,3,8,10H,2,4-7,9H2;4-6,9H,1-3,7-8H2/t8?,9?,10?,11?,12-,13?,14?;;4-,5+,6?/m0.1/s1. The monoisotopic (exact) mass is 621 g/mol. The summed E-state index contributed by atoms with van der Waals surface area (Å²) in [5.74, 6) is 0. The molecule has 11 atom stereocenters. The molecule has 2 saturated heterocycles. The highest BCUT2D eigenvalue weighted by Gasteiger charge is 2.37. The van der Waals surface area contributed by atoms with E-state index in [1.54, 1.807) is 0 Å². The Hall–Kier alpha value is -0.860. The van der Waals surface area contributed by atoms with Gasteiger partial charge in [0.15, 0.2) is 6.29 Å². The lowest BCUT2D eigenvalue weighted by Crippen LogP contribution is -2.48. The van der Waals surface area contributed by atoms with Gasteiger partial charge >= 0.3 is 0 Å². The fraction of sp³-hybridized carbons (Fsp3) is 0.929. The largest absolute Gasteiger partial charge is 0.394 e. The Labute approximate surface area is 255 Å². The second-order valence-electron chi connectivity index (χ2n) is 11.6. The van der Waals surface area contributed by atoms with Crippen LogP contribution in [-0.2, 0) is 18.9 Å². The molecule has 15 nitrogen and oxygen atoms in total. The average molecular weight is 622 g/mol. The zero-order chi connectivity index (χ0) is 31.6. The first-order valence-corrected chi connectivity index (χ1v) is 15.6. The molecule has 3 heterocycles. The van der Waals surface area contributed by atoms with Crippen LogP contribution in [0.4, 0.5) is 0 Å². The van der Waals surface area contributed by atoms with E-state index in [1.165, 1.54) is 0 Å². The highest BCUT2D eigenvalue weighted by molar-refractivity contribution is 4.94. The summed E-state index contributed by atoms with van der Waals surface area (Å²) in [6.07, 6.45) is 5.99. The van der Waals surface area contributed by atoms with E-state index in [0.717, 1.165) is 45.4 Å². The average Bonchev–Trinajstić information content (AvgIpc) is 3.36. The van der Waals surface area contributed by atoms with Crippen LogP contribution in [0, 0.1) is 0 Å². The van der Waals surface area contributed by atoms with Gasteiger partial charge in [0.25, 0.3) is 0 Å². The molecule has 43 heavy (non-hydrogen) atoms. The summed E-state index contributed by atoms with van der Waals surface area (Å²) in [6.45, 7) is 4.62. The lowest BCUT2D eigenvalue weighted by molar-refractivity contribution is -0.176. The number of nitrogens with one attached hydrogen (secondary N) is 2. The molecule has 1 saturated carbocycles. The van der Waals surface area contributed by atoms with Gasteiger partial charge in [-0.1, -0.05) is 12.2 Å². The molecule has 0 aromatic rings. The Bertz CT molecular complexity index is 745. The summed E-state index contributed by atoms with van der Waals surface area (Å²) in [6, 6.07) is -0.0519. The van der Waals surface area contributed by atoms with Crippen molar-refractivity contribution in [2.45, 2.75) is 106 Å². The Morgan fingerprint density at radius 3 is 2.40 bits per heavy atom. The van der Waals surface area contributed by atoms with Gasteiger partial charge in [0.2, 0.25) is 0 Å². The Balaban J connectivity index is 0.000000255. The number of nitrogens with two attached hydrogens (primary N) is 5. The van der Waals surface area contributed by atoms with Crippen molar-refractivity contribution >= 4 is 0 Å². The number of aliphatic hydroxyl groups is 4. The van der Waals surface area contributed by atoms with Crippen molar-refractivity contribution in [3.63, 3.8) is 0 Å². The SMILES string of the molecule is NCC(O)CNC1CC(N)CC(OC2C[C@H](O)C(CO)O2)C1.NCCNCC1C=CCCO1.NC[C@H]1CC(O)[C@@H](N)CO1. The van der Waals surface area contributed by atoms with E-state index in [0.29, 0.717) is 39.1 Å². The topological polar surface area (TPSA) is 272 Å². The van der Waals surface area contributed by atoms with E-state index in [2.05, 4.69) is 22.8 Å². The molecule has 254 valence electrons. The maximum absolute atomic E-state index is 9.72. The van der Waals surface area contributed by atoms with Crippen LogP contribution in [0.25, 0.3) is 0 Å². The van der Waals surface area contributed by atoms with Gasteiger partial charge < -0.3 is 78.7 Å². The van der Waals surface area contributed by atoms with Crippen LogP contribution < -0.4 is 39.3 Å². The molecule has 4 rings (SSSR count). The van der Waals surface area contributed by atoms with E-state index in [1.807, 2.05) is 0 Å². The van der Waals surface area contributed by atoms with Crippen LogP contribution in [0.5, 0.6) is 0 Å². The van der Waals surface area contributed by atoms with E-state index in [9.17, 15) is 15.3 Å². The molecule has 15 heteroatoms. The smallest absolute Gasteiger partial charge is 0.161 e. The molecule has 4 aliphatic rings. The van der Waals surface area contributed by atoms with Crippen molar-refractivity contribution in [2.75, 3.05) is 59.1 Å². The van der Waals surface area contributed by atoms with Crippen LogP contribution in [0.1, 0.15) is 38.5 Å². The van der Waals surface area contributed by atoms with E-state index in [4.69, 9.17) is 52.7 Å². The van der Waals surface area contributed by atoms with Crippen LogP contribution in [-0.4, -0.2) is 147 Å². The predicted molar refractivity (Wildman–Crippen MR) is 163 cm³/mol. The van der Waals surface area contributed by atoms with Gasteiger partial charge in [0.05, 0.1) is 62.5 Å². The summed E-state index contributed by atoms with van der Waals surface area (Å²) in [4.78, 5) is 0. The van der Waals surface area contributed by atoms with Crippen LogP contribution in [0.3, 0.4) is 0 Å². The summed E-state index contributed by atoms with van der Waals surface area (Å²) >= 11 is 0. The van der Waals surface area contributed by atoms with Crippen molar-refractivity contribution in [3.05, 3.63) is 12.2 Å². The van der Waals surface area contributed by atoms with Crippen molar-refractivity contribution < 1.29 is 39.4 Å². The molecule has 3 fully saturated rings. The minimum atomic E-state index is -0.694. The lowest BCUT2D eigenvalue weighted by atomic mass is 9.89. The predicted octanol–water partition coefficient (Wildman–Crippen LogP) is -4.07. The third-order valence-corrected chi connectivity index (χ3v) is 7.75. The van der Waals surface area contributed by atoms with E-state index < -0.39 is 30.7 Å². The summed E-state index contributed by atoms with van der Waals surface area (Å²) in [7, 11) is 0. The fourth-order valence-electron chi connectivity index (χ4n) is 5.23. The van der Waals surface area contributed by atoms with Crippen LogP contribution >= 0.6 is 0 Å². The minimum absolute atomic E-state index is 0.00481. The van der Waals surface area contributed by atoms with Crippen LogP contribution in [0.2, 0.25) is 0 Å². The quantitative estimate of drug-likeness (QED) is 0.0730. The molecular weight excluding hydrogens is 562 g/mol. The highest BCUT2D eigenvalue weighted by Crippen LogP contribution is 2.27. The molecule has 0 aromatic carbocycles. The van der Waals surface area contributed by atoms with Gasteiger partial charge in [-0.25, -0.2) is 0 Å². The van der Waals surface area contributed by atoms with Gasteiger partial charge in [-0.2, -0.15) is 0 Å². The number of rotatable bonds is 12. The van der Waals surface area contributed by atoms with Gasteiger partial charge in [-0.05, 0) is 25.7 Å². The number of ether oxygens (including phenoxy) is 4. The van der Waals surface area contributed by atoms with E-state index in [-0.39, 0.29) is 49.6 Å². The molecule has 3 aliphatic heterocycles. The number of hydrogen-bond acceptors (Lipinski definition) is 15. The fourth-order valence-corrected chi connectivity index (χ4v) is 5.23. The van der Waals surface area contributed by atoms with Crippen molar-refractivity contribution in [2.24, 2.45) is 28.7 Å². The molecule has 0 aromatic heterocycles. The highest BCUT2D eigenvalue weighted by atomic mass is 16.7. The summed E-state index contributed by atoms with van der Waals surface area (Å²) in [5, 5.41) is 44.0. The molecule has 0 bridgehead atoms. The summed E-state index contributed by atoms with van der Waals surface area (Å²) < 4.78 is 22.0. The molecule has 8 unspecified atom stereocenters. The second-order valence-corrected chi connectivity index (χ2v) is 11.6. The molecule has 0 amide bonds. The second kappa shape index (κ2) is 21.8. The van der Waals surface area contributed by atoms with E-state index >= 15 is 0 Å². The van der Waals surface area contributed by atoms with Crippen molar-refractivity contribution in [1.29, 1.82) is 0 Å². The first-order chi connectivity index (χ1) is 20.7. The Kier molecular flexibility index (Phi) is 19.4.